The van der Waals surface area contributed by atoms with E-state index >= 15 is 0 Å². The zero-order valence-electron chi connectivity index (χ0n) is 12.8. The molecule has 0 aliphatic carbocycles. The number of hydrogen-bond acceptors (Lipinski definition) is 3. The number of aromatic nitrogens is 2. The predicted octanol–water partition coefficient (Wildman–Crippen LogP) is 2.80. The maximum Gasteiger partial charge on any atom is 0.337 e. The third-order valence-corrected chi connectivity index (χ3v) is 4.18. The number of carbonyl (C=O) groups is 1. The predicted molar refractivity (Wildman–Crippen MR) is 84.2 cm³/mol. The smallest absolute Gasteiger partial charge is 0.337 e. The number of nitrogens with zero attached hydrogens (tertiary/aromatic N) is 3. The van der Waals surface area contributed by atoms with Gasteiger partial charge in [0.15, 0.2) is 0 Å². The molecule has 0 spiro atoms. The highest BCUT2D eigenvalue weighted by Crippen LogP contribution is 2.19. The van der Waals surface area contributed by atoms with Crippen molar-refractivity contribution in [2.24, 2.45) is 5.92 Å². The van der Waals surface area contributed by atoms with E-state index < -0.39 is 5.97 Å². The molecule has 1 fully saturated rings. The number of piperidine rings is 1. The van der Waals surface area contributed by atoms with Crippen molar-refractivity contribution >= 4 is 5.97 Å². The molecular formula is C17H21N3O2. The van der Waals surface area contributed by atoms with Gasteiger partial charge >= 0.3 is 5.97 Å². The zero-order chi connectivity index (χ0) is 15.5. The molecule has 0 saturated carbocycles. The van der Waals surface area contributed by atoms with Crippen molar-refractivity contribution in [2.45, 2.75) is 26.3 Å². The number of carboxylic acid groups (broad SMARTS) is 1. The SMILES string of the molecule is C[C@H]1CCCN(Cc2cn(-c3ccccc3C(=O)O)cn2)C1. The molecule has 0 bridgehead atoms. The molecule has 1 aromatic carbocycles. The first-order chi connectivity index (χ1) is 10.6. The van der Waals surface area contributed by atoms with Crippen LogP contribution in [-0.2, 0) is 6.54 Å². The van der Waals surface area contributed by atoms with Gasteiger partial charge in [0.2, 0.25) is 0 Å². The lowest BCUT2D eigenvalue weighted by Gasteiger charge is -2.30. The van der Waals surface area contributed by atoms with Crippen molar-refractivity contribution in [1.82, 2.24) is 14.5 Å². The average Bonchev–Trinajstić information content (AvgIpc) is 2.95. The molecule has 5 nitrogen and oxygen atoms in total. The van der Waals surface area contributed by atoms with Gasteiger partial charge in [-0.25, -0.2) is 9.78 Å². The van der Waals surface area contributed by atoms with Crippen LogP contribution in [0.1, 0.15) is 35.8 Å². The van der Waals surface area contributed by atoms with Crippen molar-refractivity contribution in [3.63, 3.8) is 0 Å². The molecule has 2 aromatic rings. The molecule has 1 saturated heterocycles. The highest BCUT2D eigenvalue weighted by Gasteiger charge is 2.17. The van der Waals surface area contributed by atoms with E-state index in [9.17, 15) is 9.90 Å². The van der Waals surface area contributed by atoms with Gasteiger partial charge < -0.3 is 9.67 Å². The molecule has 5 heteroatoms. The van der Waals surface area contributed by atoms with E-state index in [4.69, 9.17) is 0 Å². The van der Waals surface area contributed by atoms with Crippen LogP contribution in [0.2, 0.25) is 0 Å². The number of aromatic carboxylic acids is 1. The molecule has 22 heavy (non-hydrogen) atoms. The average molecular weight is 299 g/mol. The summed E-state index contributed by atoms with van der Waals surface area (Å²) in [4.78, 5) is 18.2. The molecule has 1 aliphatic heterocycles. The second-order valence-corrected chi connectivity index (χ2v) is 6.08. The summed E-state index contributed by atoms with van der Waals surface area (Å²) in [7, 11) is 0. The molecular weight excluding hydrogens is 278 g/mol. The lowest BCUT2D eigenvalue weighted by Crippen LogP contribution is -2.33. The molecule has 3 rings (SSSR count). The maximum atomic E-state index is 11.3. The summed E-state index contributed by atoms with van der Waals surface area (Å²) in [6, 6.07) is 7.00. The Labute approximate surface area is 130 Å². The minimum absolute atomic E-state index is 0.290. The van der Waals surface area contributed by atoms with Gasteiger partial charge in [-0.2, -0.15) is 0 Å². The van der Waals surface area contributed by atoms with E-state index in [1.54, 1.807) is 29.1 Å². The third-order valence-electron chi connectivity index (χ3n) is 4.18. The first kappa shape index (κ1) is 14.8. The topological polar surface area (TPSA) is 58.4 Å². The van der Waals surface area contributed by atoms with Crippen LogP contribution in [0.15, 0.2) is 36.8 Å². The van der Waals surface area contributed by atoms with Crippen LogP contribution in [0.3, 0.4) is 0 Å². The number of benzene rings is 1. The molecule has 116 valence electrons. The van der Waals surface area contributed by atoms with Crippen molar-refractivity contribution in [3.05, 3.63) is 48.0 Å². The van der Waals surface area contributed by atoms with Crippen molar-refractivity contribution in [2.75, 3.05) is 13.1 Å². The molecule has 0 radical (unpaired) electrons. The molecule has 1 aromatic heterocycles. The van der Waals surface area contributed by atoms with Gasteiger partial charge in [-0.05, 0) is 37.4 Å². The van der Waals surface area contributed by atoms with E-state index in [2.05, 4.69) is 16.8 Å². The van der Waals surface area contributed by atoms with Gasteiger partial charge in [0.25, 0.3) is 0 Å². The summed E-state index contributed by atoms with van der Waals surface area (Å²) in [6.45, 7) is 5.34. The fourth-order valence-electron chi connectivity index (χ4n) is 3.12. The second-order valence-electron chi connectivity index (χ2n) is 6.08. The van der Waals surface area contributed by atoms with Crippen molar-refractivity contribution in [1.29, 1.82) is 0 Å². The number of rotatable bonds is 4. The van der Waals surface area contributed by atoms with Crippen molar-refractivity contribution in [3.8, 4) is 5.69 Å². The van der Waals surface area contributed by atoms with Gasteiger partial charge in [-0.15, -0.1) is 0 Å². The lowest BCUT2D eigenvalue weighted by atomic mass is 10.0. The fourth-order valence-corrected chi connectivity index (χ4v) is 3.12. The Morgan fingerprint density at radius 1 is 1.41 bits per heavy atom. The summed E-state index contributed by atoms with van der Waals surface area (Å²) in [5.74, 6) is -0.181. The molecule has 1 aliphatic rings. The number of carboxylic acids is 1. The zero-order valence-corrected chi connectivity index (χ0v) is 12.8. The van der Waals surface area contributed by atoms with Gasteiger partial charge in [-0.1, -0.05) is 19.1 Å². The Bertz CT molecular complexity index is 665. The minimum atomic E-state index is -0.921. The third kappa shape index (κ3) is 3.20. The molecule has 0 amide bonds. The van der Waals surface area contributed by atoms with Gasteiger partial charge in [-0.3, -0.25) is 4.90 Å². The highest BCUT2D eigenvalue weighted by atomic mass is 16.4. The largest absolute Gasteiger partial charge is 0.478 e. The minimum Gasteiger partial charge on any atom is -0.478 e. The van der Waals surface area contributed by atoms with Gasteiger partial charge in [0, 0.05) is 19.3 Å². The quantitative estimate of drug-likeness (QED) is 0.943. The number of likely N-dealkylation sites (tertiary alicyclic amines) is 1. The molecule has 1 atom stereocenters. The Morgan fingerprint density at radius 2 is 2.23 bits per heavy atom. The van der Waals surface area contributed by atoms with Crippen LogP contribution in [0.25, 0.3) is 5.69 Å². The monoisotopic (exact) mass is 299 g/mol. The summed E-state index contributed by atoms with van der Waals surface area (Å²) < 4.78 is 1.80. The summed E-state index contributed by atoms with van der Waals surface area (Å²) in [6.07, 6.45) is 6.17. The van der Waals surface area contributed by atoms with E-state index in [1.165, 1.54) is 12.8 Å². The molecule has 0 unspecified atom stereocenters. The summed E-state index contributed by atoms with van der Waals surface area (Å²) in [5, 5.41) is 9.28. The van der Waals surface area contributed by atoms with Crippen LogP contribution < -0.4 is 0 Å². The Morgan fingerprint density at radius 3 is 3.00 bits per heavy atom. The second kappa shape index (κ2) is 6.32. The molecule has 2 heterocycles. The lowest BCUT2D eigenvalue weighted by molar-refractivity contribution is 0.0697. The van der Waals surface area contributed by atoms with Gasteiger partial charge in [0.1, 0.15) is 0 Å². The standard InChI is InChI=1S/C17H21N3O2/c1-13-5-4-8-19(9-13)10-14-11-20(12-18-14)16-7-3-2-6-15(16)17(21)22/h2-3,6-7,11-13H,4-5,8-10H2,1H3,(H,21,22)/t13-/m0/s1. The van der Waals surface area contributed by atoms with E-state index in [0.717, 1.165) is 31.2 Å². The van der Waals surface area contributed by atoms with Crippen LogP contribution in [0.5, 0.6) is 0 Å². The molecule has 1 N–H and O–H groups in total. The van der Waals surface area contributed by atoms with Crippen molar-refractivity contribution < 1.29 is 9.90 Å². The van der Waals surface area contributed by atoms with E-state index in [0.29, 0.717) is 5.69 Å². The first-order valence-corrected chi connectivity index (χ1v) is 7.71. The normalized spacial score (nSPS) is 19.2. The Hall–Kier alpha value is -2.14. The fraction of sp³-hybridized carbons (Fsp3) is 0.412. The number of para-hydroxylation sites is 1. The van der Waals surface area contributed by atoms with E-state index in [-0.39, 0.29) is 5.56 Å². The van der Waals surface area contributed by atoms with Crippen LogP contribution in [0, 0.1) is 5.92 Å². The highest BCUT2D eigenvalue weighted by molar-refractivity contribution is 5.91. The van der Waals surface area contributed by atoms with Crippen LogP contribution >= 0.6 is 0 Å². The maximum absolute atomic E-state index is 11.3. The van der Waals surface area contributed by atoms with Crippen LogP contribution in [-0.4, -0.2) is 38.6 Å². The number of hydrogen-bond donors (Lipinski definition) is 1. The summed E-state index contributed by atoms with van der Waals surface area (Å²) >= 11 is 0. The van der Waals surface area contributed by atoms with E-state index in [1.807, 2.05) is 12.3 Å². The van der Waals surface area contributed by atoms with Gasteiger partial charge in [0.05, 0.1) is 23.3 Å². The first-order valence-electron chi connectivity index (χ1n) is 7.71. The summed E-state index contributed by atoms with van der Waals surface area (Å²) in [5.41, 5.74) is 1.92. The number of imidazole rings is 1. The van der Waals surface area contributed by atoms with Crippen LogP contribution in [0.4, 0.5) is 0 Å². The Balaban J connectivity index is 1.78. The Kier molecular flexibility index (Phi) is 4.24.